The van der Waals surface area contributed by atoms with E-state index in [4.69, 9.17) is 4.74 Å². The van der Waals surface area contributed by atoms with Crippen LogP contribution in [0.15, 0.2) is 36.5 Å². The standard InChI is InChI=1S/C18H18N2O2S/c1-11(2)17(21)12-5-7-15-16(8-12)23-18(20-15)13-4-6-14(10-22-3)19-9-13/h4-9,11H,10H2,1-3H3. The molecule has 0 aliphatic heterocycles. The molecule has 118 valence electrons. The van der Waals surface area contributed by atoms with Gasteiger partial charge in [-0.1, -0.05) is 13.8 Å². The molecule has 0 spiro atoms. The molecule has 0 amide bonds. The predicted molar refractivity (Wildman–Crippen MR) is 92.7 cm³/mol. The van der Waals surface area contributed by atoms with E-state index in [1.165, 1.54) is 0 Å². The maximum absolute atomic E-state index is 12.1. The largest absolute Gasteiger partial charge is 0.378 e. The monoisotopic (exact) mass is 326 g/mol. The average molecular weight is 326 g/mol. The van der Waals surface area contributed by atoms with Crippen molar-refractivity contribution >= 4 is 27.3 Å². The molecule has 2 heterocycles. The number of fused-ring (bicyclic) bond motifs is 1. The Morgan fingerprint density at radius 2 is 2.09 bits per heavy atom. The van der Waals surface area contributed by atoms with Gasteiger partial charge in [0, 0.05) is 30.4 Å². The Bertz CT molecular complexity index is 838. The lowest BCUT2D eigenvalue weighted by Crippen LogP contribution is -2.06. The summed E-state index contributed by atoms with van der Waals surface area (Å²) in [5, 5.41) is 0.908. The van der Waals surface area contributed by atoms with Gasteiger partial charge >= 0.3 is 0 Å². The van der Waals surface area contributed by atoms with Gasteiger partial charge in [-0.25, -0.2) is 4.98 Å². The van der Waals surface area contributed by atoms with E-state index < -0.39 is 0 Å². The van der Waals surface area contributed by atoms with Crippen molar-refractivity contribution in [1.82, 2.24) is 9.97 Å². The molecule has 0 aliphatic rings. The van der Waals surface area contributed by atoms with Gasteiger partial charge in [-0.2, -0.15) is 0 Å². The molecule has 4 nitrogen and oxygen atoms in total. The predicted octanol–water partition coefficient (Wildman–Crippen LogP) is 4.34. The van der Waals surface area contributed by atoms with E-state index in [9.17, 15) is 4.79 Å². The lowest BCUT2D eigenvalue weighted by Gasteiger charge is -2.03. The molecule has 0 saturated carbocycles. The van der Waals surface area contributed by atoms with Crippen LogP contribution < -0.4 is 0 Å². The van der Waals surface area contributed by atoms with E-state index in [2.05, 4.69) is 9.97 Å². The van der Waals surface area contributed by atoms with Crippen molar-refractivity contribution in [3.8, 4) is 10.6 Å². The summed E-state index contributed by atoms with van der Waals surface area (Å²) in [5.41, 5.74) is 3.52. The number of rotatable bonds is 5. The highest BCUT2D eigenvalue weighted by atomic mass is 32.1. The van der Waals surface area contributed by atoms with Crippen LogP contribution in [0.3, 0.4) is 0 Å². The third-order valence-electron chi connectivity index (χ3n) is 3.56. The fourth-order valence-electron chi connectivity index (χ4n) is 2.32. The lowest BCUT2D eigenvalue weighted by molar-refractivity contribution is 0.0939. The first-order chi connectivity index (χ1) is 11.1. The number of thiazole rings is 1. The molecule has 23 heavy (non-hydrogen) atoms. The van der Waals surface area contributed by atoms with Crippen LogP contribution in [0.1, 0.15) is 29.9 Å². The van der Waals surface area contributed by atoms with Crippen molar-refractivity contribution < 1.29 is 9.53 Å². The van der Waals surface area contributed by atoms with Gasteiger partial charge in [0.2, 0.25) is 0 Å². The molecule has 0 fully saturated rings. The molecular formula is C18H18N2O2S. The highest BCUT2D eigenvalue weighted by Crippen LogP contribution is 2.31. The minimum atomic E-state index is -0.00243. The van der Waals surface area contributed by atoms with Gasteiger partial charge in [0.05, 0.1) is 22.5 Å². The number of ether oxygens (including phenoxy) is 1. The number of methoxy groups -OCH3 is 1. The quantitative estimate of drug-likeness (QED) is 0.654. The summed E-state index contributed by atoms with van der Waals surface area (Å²) >= 11 is 1.58. The van der Waals surface area contributed by atoms with E-state index in [-0.39, 0.29) is 11.7 Å². The van der Waals surface area contributed by atoms with Crippen LogP contribution in [0.2, 0.25) is 0 Å². The van der Waals surface area contributed by atoms with Gasteiger partial charge in [-0.3, -0.25) is 9.78 Å². The van der Waals surface area contributed by atoms with E-state index in [0.717, 1.165) is 32.0 Å². The zero-order valence-electron chi connectivity index (χ0n) is 13.4. The molecule has 1 aromatic carbocycles. The molecule has 3 rings (SSSR count). The average Bonchev–Trinajstić information content (AvgIpc) is 2.98. The minimum Gasteiger partial charge on any atom is -0.378 e. The zero-order chi connectivity index (χ0) is 16.4. The normalized spacial score (nSPS) is 11.3. The summed E-state index contributed by atoms with van der Waals surface area (Å²) in [4.78, 5) is 21.1. The molecule has 3 aromatic rings. The maximum Gasteiger partial charge on any atom is 0.165 e. The van der Waals surface area contributed by atoms with Crippen LogP contribution in [0.5, 0.6) is 0 Å². The molecule has 0 radical (unpaired) electrons. The molecule has 2 aromatic heterocycles. The first-order valence-electron chi connectivity index (χ1n) is 7.47. The Morgan fingerprint density at radius 1 is 1.26 bits per heavy atom. The number of carbonyl (C=O) groups is 1. The zero-order valence-corrected chi connectivity index (χ0v) is 14.2. The van der Waals surface area contributed by atoms with Crippen LogP contribution >= 0.6 is 11.3 Å². The highest BCUT2D eigenvalue weighted by molar-refractivity contribution is 7.21. The van der Waals surface area contributed by atoms with Crippen LogP contribution in [0, 0.1) is 5.92 Å². The van der Waals surface area contributed by atoms with Crippen LogP contribution in [-0.2, 0) is 11.3 Å². The van der Waals surface area contributed by atoms with E-state index in [1.807, 2.05) is 50.4 Å². The van der Waals surface area contributed by atoms with Gasteiger partial charge in [-0.05, 0) is 30.3 Å². The van der Waals surface area contributed by atoms with Gasteiger partial charge in [0.15, 0.2) is 5.78 Å². The molecule has 0 atom stereocenters. The van der Waals surface area contributed by atoms with E-state index >= 15 is 0 Å². The number of Topliss-reactive ketones (excluding diaryl/α,β-unsaturated/α-hetero) is 1. The number of aromatic nitrogens is 2. The second kappa shape index (κ2) is 6.56. The molecule has 0 N–H and O–H groups in total. The van der Waals surface area contributed by atoms with Crippen molar-refractivity contribution in [1.29, 1.82) is 0 Å². The summed E-state index contributed by atoms with van der Waals surface area (Å²) in [6, 6.07) is 9.65. The van der Waals surface area contributed by atoms with E-state index in [0.29, 0.717) is 6.61 Å². The summed E-state index contributed by atoms with van der Waals surface area (Å²) in [7, 11) is 1.65. The number of carbonyl (C=O) groups excluding carboxylic acids is 1. The summed E-state index contributed by atoms with van der Waals surface area (Å²) in [6.45, 7) is 4.33. The number of ketones is 1. The minimum absolute atomic E-state index is 0.00243. The van der Waals surface area contributed by atoms with Crippen molar-refractivity contribution in [2.24, 2.45) is 5.92 Å². The van der Waals surface area contributed by atoms with Crippen molar-refractivity contribution in [2.75, 3.05) is 7.11 Å². The fraction of sp³-hybridized carbons (Fsp3) is 0.278. The second-order valence-electron chi connectivity index (χ2n) is 5.69. The SMILES string of the molecule is COCc1ccc(-c2nc3ccc(C(=O)C(C)C)cc3s2)cn1. The molecule has 0 saturated heterocycles. The Balaban J connectivity index is 1.95. The Kier molecular flexibility index (Phi) is 4.50. The lowest BCUT2D eigenvalue weighted by atomic mass is 10.0. The first kappa shape index (κ1) is 15.8. The van der Waals surface area contributed by atoms with Crippen molar-refractivity contribution in [3.05, 3.63) is 47.8 Å². The number of hydrogen-bond acceptors (Lipinski definition) is 5. The first-order valence-corrected chi connectivity index (χ1v) is 8.29. The van der Waals surface area contributed by atoms with Gasteiger partial charge in [-0.15, -0.1) is 11.3 Å². The Hall–Kier alpha value is -2.11. The van der Waals surface area contributed by atoms with Crippen LogP contribution in [-0.4, -0.2) is 22.9 Å². The molecular weight excluding hydrogens is 308 g/mol. The van der Waals surface area contributed by atoms with Crippen molar-refractivity contribution in [2.45, 2.75) is 20.5 Å². The van der Waals surface area contributed by atoms with Gasteiger partial charge < -0.3 is 4.74 Å². The second-order valence-corrected chi connectivity index (χ2v) is 6.72. The number of nitrogens with zero attached hydrogens (tertiary/aromatic N) is 2. The summed E-state index contributed by atoms with van der Waals surface area (Å²) in [5.74, 6) is 0.157. The molecule has 5 heteroatoms. The Labute approximate surface area is 139 Å². The van der Waals surface area contributed by atoms with Gasteiger partial charge in [0.1, 0.15) is 5.01 Å². The number of benzene rings is 1. The van der Waals surface area contributed by atoms with E-state index in [1.54, 1.807) is 18.4 Å². The topological polar surface area (TPSA) is 52.1 Å². The summed E-state index contributed by atoms with van der Waals surface area (Å²) < 4.78 is 6.09. The van der Waals surface area contributed by atoms with Crippen LogP contribution in [0.4, 0.5) is 0 Å². The summed E-state index contributed by atoms with van der Waals surface area (Å²) in [6.07, 6.45) is 1.81. The van der Waals surface area contributed by atoms with Crippen molar-refractivity contribution in [3.63, 3.8) is 0 Å². The molecule has 0 unspecified atom stereocenters. The molecule has 0 aliphatic carbocycles. The Morgan fingerprint density at radius 3 is 2.74 bits per heavy atom. The molecule has 0 bridgehead atoms. The van der Waals surface area contributed by atoms with Gasteiger partial charge in [0.25, 0.3) is 0 Å². The van der Waals surface area contributed by atoms with Crippen LogP contribution in [0.25, 0.3) is 20.8 Å². The highest BCUT2D eigenvalue weighted by Gasteiger charge is 2.13. The third kappa shape index (κ3) is 3.30. The fourth-order valence-corrected chi connectivity index (χ4v) is 3.31. The number of pyridine rings is 1. The number of hydrogen-bond donors (Lipinski definition) is 0. The smallest absolute Gasteiger partial charge is 0.165 e. The third-order valence-corrected chi connectivity index (χ3v) is 4.63. The maximum atomic E-state index is 12.1.